The average Bonchev–Trinajstić information content (AvgIpc) is 1.81. The van der Waals surface area contributed by atoms with Gasteiger partial charge in [0.15, 0.2) is 0 Å². The fraction of sp³-hybridized carbons (Fsp3) is 0.833. The summed E-state index contributed by atoms with van der Waals surface area (Å²) in [7, 11) is 0. The lowest BCUT2D eigenvalue weighted by molar-refractivity contribution is 0.137. The van der Waals surface area contributed by atoms with Crippen molar-refractivity contribution in [3.05, 3.63) is 0 Å². The van der Waals surface area contributed by atoms with Gasteiger partial charge < -0.3 is 5.11 Å². The van der Waals surface area contributed by atoms with E-state index in [1.807, 2.05) is 0 Å². The molecule has 1 N–H and O–H groups in total. The number of hydrogen-bond donors (Lipinski definition) is 1. The van der Waals surface area contributed by atoms with Crippen LogP contribution in [-0.4, -0.2) is 11.2 Å². The molecule has 0 aliphatic carbocycles. The molecule has 2 atom stereocenters. The Morgan fingerprint density at radius 2 is 1.92 bits per heavy atom. The Kier molecular flexibility index (Phi) is 5.10. The normalized spacial score (nSPS) is 16.3. The quantitative estimate of drug-likeness (QED) is 0.663. The molecule has 0 aromatic heterocycles. The van der Waals surface area contributed by atoms with Gasteiger partial charge >= 0.3 is 0 Å². The summed E-state index contributed by atoms with van der Waals surface area (Å²) in [4.78, 5) is 0. The lowest BCUT2D eigenvalue weighted by atomic mass is 9.83. The van der Waals surface area contributed by atoms with Crippen molar-refractivity contribution >= 4 is 0 Å². The molecule has 0 spiro atoms. The van der Waals surface area contributed by atoms with Crippen molar-refractivity contribution in [1.82, 2.24) is 0 Å². The standard InChI is InChI=1S/C12H22O/c1-6-7-11(13)8-10(2)9-12(3,4)5/h1,10-11,13H,7-9H2,2-5H3. The SMILES string of the molecule is C#CCC(O)CC(C)CC(C)(C)C. The Morgan fingerprint density at radius 3 is 2.31 bits per heavy atom. The van der Waals surface area contributed by atoms with Crippen molar-refractivity contribution < 1.29 is 5.11 Å². The molecular weight excluding hydrogens is 160 g/mol. The molecule has 1 nitrogen and oxygen atoms in total. The molecule has 0 aromatic rings. The fourth-order valence-electron chi connectivity index (χ4n) is 1.81. The predicted molar refractivity (Wildman–Crippen MR) is 57.3 cm³/mol. The molecule has 0 radical (unpaired) electrons. The van der Waals surface area contributed by atoms with E-state index >= 15 is 0 Å². The van der Waals surface area contributed by atoms with Crippen LogP contribution in [0.1, 0.15) is 47.0 Å². The van der Waals surface area contributed by atoms with Crippen LogP contribution in [0.15, 0.2) is 0 Å². The van der Waals surface area contributed by atoms with Gasteiger partial charge in [0.1, 0.15) is 0 Å². The molecule has 0 heterocycles. The van der Waals surface area contributed by atoms with Crippen molar-refractivity contribution in [2.45, 2.75) is 53.1 Å². The van der Waals surface area contributed by atoms with Gasteiger partial charge in [-0.1, -0.05) is 27.7 Å². The van der Waals surface area contributed by atoms with Gasteiger partial charge in [-0.15, -0.1) is 12.3 Å². The predicted octanol–water partition coefficient (Wildman–Crippen LogP) is 2.83. The monoisotopic (exact) mass is 182 g/mol. The second-order valence-electron chi connectivity index (χ2n) is 5.17. The van der Waals surface area contributed by atoms with E-state index in [9.17, 15) is 5.11 Å². The van der Waals surface area contributed by atoms with Crippen molar-refractivity contribution in [3.63, 3.8) is 0 Å². The van der Waals surface area contributed by atoms with Crippen LogP contribution in [0.3, 0.4) is 0 Å². The molecule has 0 fully saturated rings. The zero-order valence-corrected chi connectivity index (χ0v) is 9.30. The highest BCUT2D eigenvalue weighted by atomic mass is 16.3. The van der Waals surface area contributed by atoms with Crippen molar-refractivity contribution in [3.8, 4) is 12.3 Å². The molecule has 0 saturated heterocycles. The van der Waals surface area contributed by atoms with Gasteiger partial charge in [-0.05, 0) is 24.2 Å². The van der Waals surface area contributed by atoms with Crippen molar-refractivity contribution in [1.29, 1.82) is 0 Å². The molecule has 0 rings (SSSR count). The van der Waals surface area contributed by atoms with E-state index in [2.05, 4.69) is 33.6 Å². The summed E-state index contributed by atoms with van der Waals surface area (Å²) in [6, 6.07) is 0. The molecular formula is C12H22O. The summed E-state index contributed by atoms with van der Waals surface area (Å²) in [6.07, 6.45) is 7.24. The molecule has 0 bridgehead atoms. The third-order valence-electron chi connectivity index (χ3n) is 1.99. The molecule has 0 saturated carbocycles. The molecule has 0 amide bonds. The van der Waals surface area contributed by atoms with Crippen LogP contribution in [0.25, 0.3) is 0 Å². The first kappa shape index (κ1) is 12.5. The third-order valence-corrected chi connectivity index (χ3v) is 1.99. The third kappa shape index (κ3) is 7.87. The second kappa shape index (κ2) is 5.29. The van der Waals surface area contributed by atoms with E-state index in [1.165, 1.54) is 0 Å². The first-order valence-electron chi connectivity index (χ1n) is 4.96. The summed E-state index contributed by atoms with van der Waals surface area (Å²) < 4.78 is 0. The highest BCUT2D eigenvalue weighted by Crippen LogP contribution is 2.26. The van der Waals surface area contributed by atoms with Crippen LogP contribution in [0, 0.1) is 23.7 Å². The zero-order valence-electron chi connectivity index (χ0n) is 9.30. The first-order chi connectivity index (χ1) is 5.85. The van der Waals surface area contributed by atoms with Gasteiger partial charge in [0.25, 0.3) is 0 Å². The zero-order chi connectivity index (χ0) is 10.5. The Labute approximate surface area is 82.5 Å². The van der Waals surface area contributed by atoms with Crippen LogP contribution in [0.5, 0.6) is 0 Å². The molecule has 13 heavy (non-hydrogen) atoms. The maximum absolute atomic E-state index is 9.47. The number of hydrogen-bond acceptors (Lipinski definition) is 1. The molecule has 2 unspecified atom stereocenters. The minimum Gasteiger partial charge on any atom is -0.392 e. The number of aliphatic hydroxyl groups excluding tert-OH is 1. The second-order valence-corrected chi connectivity index (χ2v) is 5.17. The largest absolute Gasteiger partial charge is 0.392 e. The molecule has 76 valence electrons. The maximum Gasteiger partial charge on any atom is 0.0651 e. The van der Waals surface area contributed by atoms with Crippen LogP contribution >= 0.6 is 0 Å². The Bertz CT molecular complexity index is 171. The van der Waals surface area contributed by atoms with Crippen LogP contribution in [0.4, 0.5) is 0 Å². The molecule has 0 aromatic carbocycles. The van der Waals surface area contributed by atoms with Gasteiger partial charge in [0.2, 0.25) is 0 Å². The molecule has 0 aliphatic rings. The lowest BCUT2D eigenvalue weighted by Crippen LogP contribution is -2.16. The highest BCUT2D eigenvalue weighted by molar-refractivity contribution is 4.87. The van der Waals surface area contributed by atoms with Gasteiger partial charge in [0, 0.05) is 6.42 Å². The Morgan fingerprint density at radius 1 is 1.38 bits per heavy atom. The van der Waals surface area contributed by atoms with E-state index < -0.39 is 0 Å². The fourth-order valence-corrected chi connectivity index (χ4v) is 1.81. The van der Waals surface area contributed by atoms with E-state index in [4.69, 9.17) is 6.42 Å². The minimum atomic E-state index is -0.317. The average molecular weight is 182 g/mol. The van der Waals surface area contributed by atoms with Gasteiger partial charge in [-0.25, -0.2) is 0 Å². The van der Waals surface area contributed by atoms with E-state index in [-0.39, 0.29) is 6.10 Å². The summed E-state index contributed by atoms with van der Waals surface area (Å²) in [5, 5.41) is 9.47. The minimum absolute atomic E-state index is 0.317. The Balaban J connectivity index is 3.75. The molecule has 1 heteroatoms. The van der Waals surface area contributed by atoms with Gasteiger partial charge in [-0.2, -0.15) is 0 Å². The number of rotatable bonds is 4. The number of terminal acetylenes is 1. The summed E-state index contributed by atoms with van der Waals surface area (Å²) in [6.45, 7) is 8.83. The van der Waals surface area contributed by atoms with Gasteiger partial charge in [0.05, 0.1) is 6.10 Å². The smallest absolute Gasteiger partial charge is 0.0651 e. The van der Waals surface area contributed by atoms with Crippen molar-refractivity contribution in [2.24, 2.45) is 11.3 Å². The summed E-state index contributed by atoms with van der Waals surface area (Å²) in [5.74, 6) is 3.03. The van der Waals surface area contributed by atoms with Crippen LogP contribution < -0.4 is 0 Å². The first-order valence-corrected chi connectivity index (χ1v) is 4.96. The van der Waals surface area contributed by atoms with E-state index in [0.717, 1.165) is 12.8 Å². The van der Waals surface area contributed by atoms with Crippen molar-refractivity contribution in [2.75, 3.05) is 0 Å². The van der Waals surface area contributed by atoms with Crippen LogP contribution in [0.2, 0.25) is 0 Å². The highest BCUT2D eigenvalue weighted by Gasteiger charge is 2.17. The topological polar surface area (TPSA) is 20.2 Å². The molecule has 0 aliphatic heterocycles. The maximum atomic E-state index is 9.47. The van der Waals surface area contributed by atoms with E-state index in [1.54, 1.807) is 0 Å². The lowest BCUT2D eigenvalue weighted by Gasteiger charge is -2.24. The van der Waals surface area contributed by atoms with Crippen LogP contribution in [-0.2, 0) is 0 Å². The number of aliphatic hydroxyl groups is 1. The van der Waals surface area contributed by atoms with Gasteiger partial charge in [-0.3, -0.25) is 0 Å². The van der Waals surface area contributed by atoms with E-state index in [0.29, 0.717) is 17.8 Å². The summed E-state index contributed by atoms with van der Waals surface area (Å²) in [5.41, 5.74) is 0.343. The Hall–Kier alpha value is -0.480. The summed E-state index contributed by atoms with van der Waals surface area (Å²) >= 11 is 0.